The number of carbonyl (C=O) groups is 1. The number of aryl methyl sites for hydroxylation is 2. The van der Waals surface area contributed by atoms with Gasteiger partial charge in [-0.2, -0.15) is 0 Å². The maximum Gasteiger partial charge on any atom is 0.127 e. The minimum absolute atomic E-state index is 0.750. The zero-order chi connectivity index (χ0) is 16.2. The van der Waals surface area contributed by atoms with Crippen molar-refractivity contribution in [3.63, 3.8) is 0 Å². The van der Waals surface area contributed by atoms with Gasteiger partial charge in [-0.1, -0.05) is 49.6 Å². The van der Waals surface area contributed by atoms with E-state index in [2.05, 4.69) is 50.2 Å². The third kappa shape index (κ3) is 7.07. The van der Waals surface area contributed by atoms with Crippen LogP contribution in [0.1, 0.15) is 44.2 Å². The summed E-state index contributed by atoms with van der Waals surface area (Å²) in [4.78, 5) is 8.81. The first-order chi connectivity index (χ1) is 10.7. The molecule has 0 aliphatic carbocycles. The number of benzene rings is 2. The number of rotatable bonds is 6. The molecule has 0 bridgehead atoms. The summed E-state index contributed by atoms with van der Waals surface area (Å²) in [5.41, 5.74) is 2.64. The van der Waals surface area contributed by atoms with Crippen molar-refractivity contribution in [2.45, 2.75) is 46.5 Å². The highest BCUT2D eigenvalue weighted by molar-refractivity contribution is 5.44. The van der Waals surface area contributed by atoms with Crippen LogP contribution in [0.3, 0.4) is 0 Å². The van der Waals surface area contributed by atoms with Crippen molar-refractivity contribution in [2.75, 3.05) is 0 Å². The molecule has 0 aliphatic rings. The Morgan fingerprint density at radius 2 is 1.41 bits per heavy atom. The second-order valence-corrected chi connectivity index (χ2v) is 5.25. The predicted octanol–water partition coefficient (Wildman–Crippen LogP) is 5.73. The van der Waals surface area contributed by atoms with Crippen LogP contribution in [0.25, 0.3) is 0 Å². The highest BCUT2D eigenvalue weighted by atomic mass is 16.5. The van der Waals surface area contributed by atoms with Crippen LogP contribution in [0.5, 0.6) is 11.5 Å². The SMILES string of the molecule is CC=O.CCCCCc1ccc(Oc2ccc(C)cc2)cc1. The van der Waals surface area contributed by atoms with Crippen LogP contribution in [-0.2, 0) is 11.2 Å². The minimum atomic E-state index is 0.750. The van der Waals surface area contributed by atoms with Crippen LogP contribution in [-0.4, -0.2) is 6.29 Å². The van der Waals surface area contributed by atoms with Gasteiger partial charge in [0.1, 0.15) is 17.8 Å². The Morgan fingerprint density at radius 1 is 0.909 bits per heavy atom. The molecule has 0 aromatic heterocycles. The van der Waals surface area contributed by atoms with Gasteiger partial charge in [-0.05, 0) is 56.5 Å². The van der Waals surface area contributed by atoms with Crippen molar-refractivity contribution in [2.24, 2.45) is 0 Å². The molecule has 0 fully saturated rings. The van der Waals surface area contributed by atoms with E-state index < -0.39 is 0 Å². The fourth-order valence-corrected chi connectivity index (χ4v) is 2.05. The molecule has 0 saturated heterocycles. The summed E-state index contributed by atoms with van der Waals surface area (Å²) in [5.74, 6) is 1.80. The number of carbonyl (C=O) groups excluding carboxylic acids is 1. The lowest BCUT2D eigenvalue weighted by molar-refractivity contribution is -0.106. The zero-order valence-corrected chi connectivity index (χ0v) is 13.8. The molecule has 22 heavy (non-hydrogen) atoms. The lowest BCUT2D eigenvalue weighted by atomic mass is 10.1. The zero-order valence-electron chi connectivity index (χ0n) is 13.8. The van der Waals surface area contributed by atoms with E-state index in [4.69, 9.17) is 9.53 Å². The first-order valence-corrected chi connectivity index (χ1v) is 7.92. The van der Waals surface area contributed by atoms with Crippen molar-refractivity contribution in [3.05, 3.63) is 59.7 Å². The topological polar surface area (TPSA) is 26.3 Å². The summed E-state index contributed by atoms with van der Waals surface area (Å²) >= 11 is 0. The molecular formula is C20H26O2. The van der Waals surface area contributed by atoms with E-state index in [9.17, 15) is 0 Å². The smallest absolute Gasteiger partial charge is 0.127 e. The lowest BCUT2D eigenvalue weighted by Gasteiger charge is -2.07. The monoisotopic (exact) mass is 298 g/mol. The van der Waals surface area contributed by atoms with E-state index in [0.29, 0.717) is 0 Å². The van der Waals surface area contributed by atoms with Crippen LogP contribution in [0.15, 0.2) is 48.5 Å². The molecule has 2 rings (SSSR count). The van der Waals surface area contributed by atoms with E-state index in [1.807, 2.05) is 12.1 Å². The van der Waals surface area contributed by atoms with Gasteiger partial charge in [0.25, 0.3) is 0 Å². The maximum atomic E-state index is 8.81. The molecule has 0 N–H and O–H groups in total. The van der Waals surface area contributed by atoms with Gasteiger partial charge < -0.3 is 9.53 Å². The van der Waals surface area contributed by atoms with Gasteiger partial charge in [-0.15, -0.1) is 0 Å². The van der Waals surface area contributed by atoms with Gasteiger partial charge >= 0.3 is 0 Å². The maximum absolute atomic E-state index is 8.81. The molecule has 2 aromatic carbocycles. The van der Waals surface area contributed by atoms with Crippen LogP contribution >= 0.6 is 0 Å². The van der Waals surface area contributed by atoms with E-state index in [0.717, 1.165) is 17.8 Å². The highest BCUT2D eigenvalue weighted by Gasteiger charge is 1.98. The summed E-state index contributed by atoms with van der Waals surface area (Å²) < 4.78 is 5.81. The van der Waals surface area contributed by atoms with Crippen molar-refractivity contribution >= 4 is 6.29 Å². The average Bonchev–Trinajstić information content (AvgIpc) is 2.52. The van der Waals surface area contributed by atoms with Crippen molar-refractivity contribution in [3.8, 4) is 11.5 Å². The largest absolute Gasteiger partial charge is 0.457 e. The Kier molecular flexibility index (Phi) is 8.66. The van der Waals surface area contributed by atoms with Crippen molar-refractivity contribution in [1.82, 2.24) is 0 Å². The van der Waals surface area contributed by atoms with Crippen LogP contribution < -0.4 is 4.74 Å². The number of aldehydes is 1. The Balaban J connectivity index is 0.000000745. The van der Waals surface area contributed by atoms with E-state index in [1.54, 1.807) is 0 Å². The molecule has 0 atom stereocenters. The van der Waals surface area contributed by atoms with Crippen molar-refractivity contribution in [1.29, 1.82) is 0 Å². The molecule has 2 nitrogen and oxygen atoms in total. The Morgan fingerprint density at radius 3 is 1.91 bits per heavy atom. The first kappa shape index (κ1) is 18.0. The summed E-state index contributed by atoms with van der Waals surface area (Å²) in [6, 6.07) is 16.6. The molecule has 0 heterocycles. The van der Waals surface area contributed by atoms with Gasteiger partial charge in [0, 0.05) is 0 Å². The molecule has 0 unspecified atom stereocenters. The molecule has 118 valence electrons. The van der Waals surface area contributed by atoms with Gasteiger partial charge in [-0.3, -0.25) is 0 Å². The molecule has 0 saturated carbocycles. The van der Waals surface area contributed by atoms with Gasteiger partial charge in [0.15, 0.2) is 0 Å². The fourth-order valence-electron chi connectivity index (χ4n) is 2.05. The van der Waals surface area contributed by atoms with Crippen LogP contribution in [0, 0.1) is 6.92 Å². The summed E-state index contributed by atoms with van der Waals surface area (Å²) in [5, 5.41) is 0. The fraction of sp³-hybridized carbons (Fsp3) is 0.350. The Bertz CT molecular complexity index is 527. The standard InChI is InChI=1S/C18H22O.C2H4O/c1-3-4-5-6-16-9-13-18(14-10-16)19-17-11-7-15(2)8-12-17;1-2-3/h7-14H,3-6H2,1-2H3;2H,1H3. The number of unbranched alkanes of at least 4 members (excludes halogenated alkanes) is 2. The van der Waals surface area contributed by atoms with Gasteiger partial charge in [0.2, 0.25) is 0 Å². The van der Waals surface area contributed by atoms with Gasteiger partial charge in [0.05, 0.1) is 0 Å². The third-order valence-electron chi connectivity index (χ3n) is 3.25. The predicted molar refractivity (Wildman–Crippen MR) is 92.7 cm³/mol. The Hall–Kier alpha value is -2.09. The average molecular weight is 298 g/mol. The molecule has 0 aliphatic heterocycles. The summed E-state index contributed by atoms with van der Waals surface area (Å²) in [6.45, 7) is 5.76. The Labute approximate surface area is 134 Å². The number of hydrogen-bond acceptors (Lipinski definition) is 2. The second kappa shape index (κ2) is 10.6. The third-order valence-corrected chi connectivity index (χ3v) is 3.25. The molecule has 0 radical (unpaired) electrons. The van der Waals surface area contributed by atoms with Crippen LogP contribution in [0.4, 0.5) is 0 Å². The molecule has 2 aromatic rings. The highest BCUT2D eigenvalue weighted by Crippen LogP contribution is 2.22. The quantitative estimate of drug-likeness (QED) is 0.503. The van der Waals surface area contributed by atoms with E-state index >= 15 is 0 Å². The van der Waals surface area contributed by atoms with Crippen molar-refractivity contribution < 1.29 is 9.53 Å². The van der Waals surface area contributed by atoms with Crippen LogP contribution in [0.2, 0.25) is 0 Å². The molecule has 2 heteroatoms. The first-order valence-electron chi connectivity index (χ1n) is 7.92. The van der Waals surface area contributed by atoms with E-state index in [-0.39, 0.29) is 0 Å². The number of hydrogen-bond donors (Lipinski definition) is 0. The summed E-state index contributed by atoms with van der Waals surface area (Å²) in [6.07, 6.45) is 5.77. The molecular weight excluding hydrogens is 272 g/mol. The molecule has 0 spiro atoms. The van der Waals surface area contributed by atoms with Gasteiger partial charge in [-0.25, -0.2) is 0 Å². The lowest BCUT2D eigenvalue weighted by Crippen LogP contribution is -1.87. The molecule has 0 amide bonds. The number of ether oxygens (including phenoxy) is 1. The second-order valence-electron chi connectivity index (χ2n) is 5.25. The minimum Gasteiger partial charge on any atom is -0.457 e. The summed E-state index contributed by atoms with van der Waals surface area (Å²) in [7, 11) is 0. The normalized spacial score (nSPS) is 9.59. The van der Waals surface area contributed by atoms with E-state index in [1.165, 1.54) is 43.7 Å².